The van der Waals surface area contributed by atoms with Crippen LogP contribution >= 0.6 is 11.6 Å². The Balaban J connectivity index is 2.76. The molecule has 14 heavy (non-hydrogen) atoms. The van der Waals surface area contributed by atoms with Gasteiger partial charge in [0.25, 0.3) is 0 Å². The quantitative estimate of drug-likeness (QED) is 0.436. The fourth-order valence-corrected chi connectivity index (χ4v) is 1.18. The highest BCUT2D eigenvalue weighted by atomic mass is 35.5. The number of alkyl halides is 1. The number of hydrogen-bond donors (Lipinski definition) is 0. The van der Waals surface area contributed by atoms with Gasteiger partial charge in [-0.3, -0.25) is 0 Å². The van der Waals surface area contributed by atoms with Crippen molar-refractivity contribution in [3.8, 4) is 0 Å². The topological polar surface area (TPSA) is 26.3 Å². The van der Waals surface area contributed by atoms with Gasteiger partial charge in [-0.25, -0.2) is 4.79 Å². The molecule has 0 amide bonds. The average molecular weight is 211 g/mol. The summed E-state index contributed by atoms with van der Waals surface area (Å²) in [5.41, 5.74) is 1.97. The number of ether oxygens (including phenoxy) is 1. The number of carbonyl (C=O) groups is 1. The summed E-state index contributed by atoms with van der Waals surface area (Å²) in [5.74, 6) is 0.112. The molecule has 74 valence electrons. The number of methoxy groups -OCH3 is 1. The lowest BCUT2D eigenvalue weighted by molar-refractivity contribution is -0.134. The van der Waals surface area contributed by atoms with E-state index in [2.05, 4.69) is 4.74 Å². The number of benzene rings is 1. The molecule has 0 saturated heterocycles. The van der Waals surface area contributed by atoms with Crippen LogP contribution in [0.1, 0.15) is 11.1 Å². The summed E-state index contributed by atoms with van der Waals surface area (Å²) in [6.07, 6.45) is 3.08. The minimum Gasteiger partial charge on any atom is -0.466 e. The normalized spacial score (nSPS) is 10.4. The summed E-state index contributed by atoms with van der Waals surface area (Å²) < 4.78 is 4.48. The molecular weight excluding hydrogens is 200 g/mol. The molecule has 0 radical (unpaired) electrons. The lowest BCUT2D eigenvalue weighted by Crippen LogP contribution is -1.93. The second-order valence-electron chi connectivity index (χ2n) is 2.74. The molecule has 0 aliphatic heterocycles. The first-order valence-electron chi connectivity index (χ1n) is 4.17. The van der Waals surface area contributed by atoms with Crippen LogP contribution in [0.4, 0.5) is 0 Å². The van der Waals surface area contributed by atoms with E-state index >= 15 is 0 Å². The summed E-state index contributed by atoms with van der Waals surface area (Å²) in [6, 6.07) is 7.65. The summed E-state index contributed by atoms with van der Waals surface area (Å²) >= 11 is 5.67. The van der Waals surface area contributed by atoms with E-state index in [1.807, 2.05) is 24.3 Å². The Labute approximate surface area is 88.1 Å². The Morgan fingerprint density at radius 3 is 3.00 bits per heavy atom. The van der Waals surface area contributed by atoms with Gasteiger partial charge in [-0.2, -0.15) is 0 Å². The van der Waals surface area contributed by atoms with Crippen LogP contribution in [0.5, 0.6) is 0 Å². The first-order valence-corrected chi connectivity index (χ1v) is 4.70. The van der Waals surface area contributed by atoms with E-state index in [-0.39, 0.29) is 5.97 Å². The third kappa shape index (κ3) is 3.23. The number of rotatable bonds is 3. The van der Waals surface area contributed by atoms with Gasteiger partial charge in [-0.15, -0.1) is 11.6 Å². The molecule has 1 aromatic carbocycles. The van der Waals surface area contributed by atoms with Gasteiger partial charge in [0.05, 0.1) is 7.11 Å². The first-order chi connectivity index (χ1) is 6.76. The van der Waals surface area contributed by atoms with E-state index in [0.717, 1.165) is 11.1 Å². The Kier molecular flexibility index (Phi) is 4.20. The van der Waals surface area contributed by atoms with Gasteiger partial charge in [-0.05, 0) is 17.2 Å². The van der Waals surface area contributed by atoms with Crippen molar-refractivity contribution in [1.29, 1.82) is 0 Å². The Morgan fingerprint density at radius 2 is 2.36 bits per heavy atom. The number of esters is 1. The van der Waals surface area contributed by atoms with Crippen molar-refractivity contribution in [1.82, 2.24) is 0 Å². The van der Waals surface area contributed by atoms with Crippen LogP contribution in [0.15, 0.2) is 30.3 Å². The van der Waals surface area contributed by atoms with E-state index in [9.17, 15) is 4.79 Å². The van der Waals surface area contributed by atoms with Crippen LogP contribution in [0.3, 0.4) is 0 Å². The Bertz CT molecular complexity index is 345. The van der Waals surface area contributed by atoms with Crippen LogP contribution < -0.4 is 0 Å². The average Bonchev–Trinajstić information content (AvgIpc) is 2.26. The molecular formula is C11H11ClO2. The molecule has 0 spiro atoms. The fraction of sp³-hybridized carbons (Fsp3) is 0.182. The molecule has 0 heterocycles. The first kappa shape index (κ1) is 10.8. The molecule has 0 aliphatic rings. The number of carbonyl (C=O) groups excluding carboxylic acids is 1. The molecule has 0 unspecified atom stereocenters. The summed E-state index contributed by atoms with van der Waals surface area (Å²) in [6.45, 7) is 0. The summed E-state index contributed by atoms with van der Waals surface area (Å²) in [7, 11) is 1.35. The summed E-state index contributed by atoms with van der Waals surface area (Å²) in [5, 5.41) is 0. The second-order valence-corrected chi connectivity index (χ2v) is 3.00. The minimum atomic E-state index is -0.360. The van der Waals surface area contributed by atoms with Crippen LogP contribution in [-0.4, -0.2) is 13.1 Å². The van der Waals surface area contributed by atoms with E-state index in [0.29, 0.717) is 5.88 Å². The maximum absolute atomic E-state index is 10.8. The number of hydrogen-bond acceptors (Lipinski definition) is 2. The van der Waals surface area contributed by atoms with Crippen molar-refractivity contribution in [2.24, 2.45) is 0 Å². The molecule has 0 fully saturated rings. The molecule has 0 saturated carbocycles. The Hall–Kier alpha value is -1.28. The standard InChI is InChI=1S/C11H11ClO2/c1-14-11(13)6-5-9-3-2-4-10(7-9)8-12/h2-7H,8H2,1H3. The SMILES string of the molecule is COC(=O)C=Cc1cccc(CCl)c1. The molecule has 1 rings (SSSR count). The van der Waals surface area contributed by atoms with E-state index in [4.69, 9.17) is 11.6 Å². The smallest absolute Gasteiger partial charge is 0.330 e. The predicted octanol–water partition coefficient (Wildman–Crippen LogP) is 2.61. The molecule has 0 aromatic heterocycles. The second kappa shape index (κ2) is 5.45. The predicted molar refractivity (Wildman–Crippen MR) is 57.0 cm³/mol. The highest BCUT2D eigenvalue weighted by Crippen LogP contribution is 2.09. The maximum Gasteiger partial charge on any atom is 0.330 e. The zero-order chi connectivity index (χ0) is 10.4. The van der Waals surface area contributed by atoms with Crippen molar-refractivity contribution in [2.45, 2.75) is 5.88 Å². The third-order valence-electron chi connectivity index (χ3n) is 1.72. The molecule has 1 aromatic rings. The van der Waals surface area contributed by atoms with Crippen molar-refractivity contribution in [3.63, 3.8) is 0 Å². The number of halogens is 1. The lowest BCUT2D eigenvalue weighted by atomic mass is 10.1. The van der Waals surface area contributed by atoms with Crippen molar-refractivity contribution in [2.75, 3.05) is 7.11 Å². The molecule has 0 aliphatic carbocycles. The van der Waals surface area contributed by atoms with Gasteiger partial charge in [0.15, 0.2) is 0 Å². The largest absolute Gasteiger partial charge is 0.466 e. The van der Waals surface area contributed by atoms with Gasteiger partial charge < -0.3 is 4.74 Å². The molecule has 0 atom stereocenters. The van der Waals surface area contributed by atoms with E-state index < -0.39 is 0 Å². The lowest BCUT2D eigenvalue weighted by Gasteiger charge is -1.97. The molecule has 2 nitrogen and oxygen atoms in total. The monoisotopic (exact) mass is 210 g/mol. The van der Waals surface area contributed by atoms with Crippen molar-refractivity contribution in [3.05, 3.63) is 41.5 Å². The zero-order valence-electron chi connectivity index (χ0n) is 7.87. The Morgan fingerprint density at radius 1 is 1.57 bits per heavy atom. The van der Waals surface area contributed by atoms with Gasteiger partial charge in [0.1, 0.15) is 0 Å². The van der Waals surface area contributed by atoms with Crippen LogP contribution in [0.2, 0.25) is 0 Å². The van der Waals surface area contributed by atoms with Gasteiger partial charge >= 0.3 is 5.97 Å². The zero-order valence-corrected chi connectivity index (χ0v) is 8.62. The molecule has 0 N–H and O–H groups in total. The highest BCUT2D eigenvalue weighted by molar-refractivity contribution is 6.17. The van der Waals surface area contributed by atoms with Gasteiger partial charge in [0.2, 0.25) is 0 Å². The van der Waals surface area contributed by atoms with Crippen LogP contribution in [0.25, 0.3) is 6.08 Å². The van der Waals surface area contributed by atoms with Gasteiger partial charge in [0, 0.05) is 12.0 Å². The molecule has 3 heteroatoms. The van der Waals surface area contributed by atoms with Gasteiger partial charge in [-0.1, -0.05) is 24.3 Å². The third-order valence-corrected chi connectivity index (χ3v) is 2.03. The highest BCUT2D eigenvalue weighted by Gasteiger charge is 1.93. The maximum atomic E-state index is 10.8. The van der Waals surface area contributed by atoms with Crippen LogP contribution in [-0.2, 0) is 15.4 Å². The van der Waals surface area contributed by atoms with Crippen LogP contribution in [0, 0.1) is 0 Å². The van der Waals surface area contributed by atoms with Crippen molar-refractivity contribution >= 4 is 23.6 Å². The fourth-order valence-electron chi connectivity index (χ4n) is 1.01. The van der Waals surface area contributed by atoms with E-state index in [1.165, 1.54) is 13.2 Å². The van der Waals surface area contributed by atoms with Crippen molar-refractivity contribution < 1.29 is 9.53 Å². The van der Waals surface area contributed by atoms with E-state index in [1.54, 1.807) is 6.08 Å². The minimum absolute atomic E-state index is 0.360. The molecule has 0 bridgehead atoms. The summed E-state index contributed by atoms with van der Waals surface area (Å²) in [4.78, 5) is 10.8.